The predicted octanol–water partition coefficient (Wildman–Crippen LogP) is 1.75. The average molecular weight is 250 g/mol. The number of carboxylic acids is 1. The van der Waals surface area contributed by atoms with E-state index in [2.05, 4.69) is 0 Å². The van der Waals surface area contributed by atoms with E-state index in [1.165, 1.54) is 20.3 Å². The molecular weight excluding hydrogens is 236 g/mol. The first-order valence-electron chi connectivity index (χ1n) is 5.55. The summed E-state index contributed by atoms with van der Waals surface area (Å²) < 4.78 is 10.1. The molecule has 96 valence electrons. The Morgan fingerprint density at radius 2 is 1.89 bits per heavy atom. The highest BCUT2D eigenvalue weighted by Crippen LogP contribution is 2.49. The van der Waals surface area contributed by atoms with Crippen LogP contribution < -0.4 is 9.47 Å². The maximum atomic E-state index is 12.3. The molecule has 0 bridgehead atoms. The third-order valence-corrected chi connectivity index (χ3v) is 3.25. The van der Waals surface area contributed by atoms with Crippen LogP contribution in [0.15, 0.2) is 18.2 Å². The molecule has 1 aliphatic rings. The summed E-state index contributed by atoms with van der Waals surface area (Å²) in [5, 5.41) is 9.13. The second-order valence-electron chi connectivity index (χ2n) is 4.28. The number of methoxy groups -OCH3 is 2. The molecule has 1 aromatic carbocycles. The second kappa shape index (κ2) is 4.33. The van der Waals surface area contributed by atoms with Crippen LogP contribution in [0.3, 0.4) is 0 Å². The molecule has 0 amide bonds. The summed E-state index contributed by atoms with van der Waals surface area (Å²) in [6.07, 6.45) is 0.753. The van der Waals surface area contributed by atoms with Gasteiger partial charge in [0, 0.05) is 0 Å². The second-order valence-corrected chi connectivity index (χ2v) is 4.28. The maximum absolute atomic E-state index is 12.3. The summed E-state index contributed by atoms with van der Waals surface area (Å²) >= 11 is 0. The molecule has 5 heteroatoms. The number of carboxylic acid groups (broad SMARTS) is 1. The number of hydrogen-bond acceptors (Lipinski definition) is 4. The number of ketones is 1. The van der Waals surface area contributed by atoms with E-state index in [-0.39, 0.29) is 5.56 Å². The molecule has 1 N–H and O–H groups in total. The Hall–Kier alpha value is -2.04. The fraction of sp³-hybridized carbons (Fsp3) is 0.385. The van der Waals surface area contributed by atoms with Crippen LogP contribution in [0.1, 0.15) is 23.2 Å². The van der Waals surface area contributed by atoms with Gasteiger partial charge in [-0.05, 0) is 31.0 Å². The Morgan fingerprint density at radius 1 is 1.22 bits per heavy atom. The Balaban J connectivity index is 2.43. The molecule has 0 aromatic heterocycles. The zero-order valence-corrected chi connectivity index (χ0v) is 10.2. The van der Waals surface area contributed by atoms with Gasteiger partial charge < -0.3 is 14.6 Å². The monoisotopic (exact) mass is 250 g/mol. The summed E-state index contributed by atoms with van der Waals surface area (Å²) in [6, 6.07) is 4.78. The lowest BCUT2D eigenvalue weighted by molar-refractivity contribution is -0.141. The van der Waals surface area contributed by atoms with E-state index < -0.39 is 17.2 Å². The first kappa shape index (κ1) is 12.4. The lowest BCUT2D eigenvalue weighted by Gasteiger charge is -2.13. The van der Waals surface area contributed by atoms with Gasteiger partial charge in [-0.25, -0.2) is 0 Å². The van der Waals surface area contributed by atoms with Crippen LogP contribution in [0.5, 0.6) is 11.5 Å². The molecule has 0 saturated heterocycles. The van der Waals surface area contributed by atoms with Gasteiger partial charge in [-0.3, -0.25) is 9.59 Å². The van der Waals surface area contributed by atoms with Crippen molar-refractivity contribution in [3.05, 3.63) is 23.8 Å². The van der Waals surface area contributed by atoms with Crippen LogP contribution in [0, 0.1) is 5.41 Å². The quantitative estimate of drug-likeness (QED) is 0.636. The third-order valence-electron chi connectivity index (χ3n) is 3.25. The van der Waals surface area contributed by atoms with Crippen LogP contribution in [-0.4, -0.2) is 31.1 Å². The fourth-order valence-electron chi connectivity index (χ4n) is 1.91. The number of aliphatic carboxylic acids is 1. The number of Topliss-reactive ketones (excluding diaryl/α,β-unsaturated/α-hetero) is 1. The molecule has 1 fully saturated rings. The molecule has 0 aliphatic heterocycles. The van der Waals surface area contributed by atoms with Crippen LogP contribution >= 0.6 is 0 Å². The van der Waals surface area contributed by atoms with Crippen molar-refractivity contribution in [3.8, 4) is 11.5 Å². The van der Waals surface area contributed by atoms with Crippen LogP contribution in [-0.2, 0) is 4.79 Å². The Kier molecular flexibility index (Phi) is 2.98. The predicted molar refractivity (Wildman–Crippen MR) is 63.2 cm³/mol. The standard InChI is InChI=1S/C13H14O5/c1-17-8-3-4-10(18-2)9(7-8)11(14)13(5-6-13)12(15)16/h3-4,7H,5-6H2,1-2H3,(H,15,16). The van der Waals surface area contributed by atoms with Gasteiger partial charge >= 0.3 is 5.97 Å². The number of carbonyl (C=O) groups is 2. The van der Waals surface area contributed by atoms with Crippen molar-refractivity contribution < 1.29 is 24.2 Å². The van der Waals surface area contributed by atoms with Gasteiger partial charge in [0.25, 0.3) is 0 Å². The van der Waals surface area contributed by atoms with E-state index in [0.717, 1.165) is 0 Å². The zero-order chi connectivity index (χ0) is 13.3. The molecule has 5 nitrogen and oxygen atoms in total. The molecule has 0 heterocycles. The molecule has 0 radical (unpaired) electrons. The van der Waals surface area contributed by atoms with Crippen molar-refractivity contribution in [2.24, 2.45) is 5.41 Å². The lowest BCUT2D eigenvalue weighted by atomic mass is 9.94. The number of ether oxygens (including phenoxy) is 2. The minimum Gasteiger partial charge on any atom is -0.497 e. The van der Waals surface area contributed by atoms with E-state index in [9.17, 15) is 9.59 Å². The summed E-state index contributed by atoms with van der Waals surface area (Å²) in [5.41, 5.74) is -1.00. The first-order valence-corrected chi connectivity index (χ1v) is 5.55. The molecule has 2 rings (SSSR count). The Labute approximate surface area is 104 Å². The molecule has 0 spiro atoms. The van der Waals surface area contributed by atoms with Gasteiger partial charge in [0.1, 0.15) is 16.9 Å². The first-order chi connectivity index (χ1) is 8.55. The topological polar surface area (TPSA) is 72.8 Å². The molecular formula is C13H14O5. The van der Waals surface area contributed by atoms with Crippen LogP contribution in [0.25, 0.3) is 0 Å². The van der Waals surface area contributed by atoms with E-state index in [0.29, 0.717) is 24.3 Å². The Bertz CT molecular complexity index is 502. The minimum absolute atomic E-state index is 0.261. The van der Waals surface area contributed by atoms with Gasteiger partial charge in [-0.1, -0.05) is 0 Å². The Morgan fingerprint density at radius 3 is 2.33 bits per heavy atom. The van der Waals surface area contributed by atoms with E-state index >= 15 is 0 Å². The van der Waals surface area contributed by atoms with Gasteiger partial charge in [0.2, 0.25) is 0 Å². The van der Waals surface area contributed by atoms with Gasteiger partial charge in [-0.2, -0.15) is 0 Å². The van der Waals surface area contributed by atoms with E-state index in [4.69, 9.17) is 14.6 Å². The third kappa shape index (κ3) is 1.81. The van der Waals surface area contributed by atoms with Crippen molar-refractivity contribution in [2.75, 3.05) is 14.2 Å². The highest BCUT2D eigenvalue weighted by Gasteiger charge is 2.57. The highest BCUT2D eigenvalue weighted by molar-refractivity contribution is 6.15. The summed E-state index contributed by atoms with van der Waals surface area (Å²) in [4.78, 5) is 23.5. The fourth-order valence-corrected chi connectivity index (χ4v) is 1.91. The number of carbonyl (C=O) groups excluding carboxylic acids is 1. The van der Waals surface area contributed by atoms with Gasteiger partial charge in [0.15, 0.2) is 5.78 Å². The summed E-state index contributed by atoms with van der Waals surface area (Å²) in [7, 11) is 2.93. The average Bonchev–Trinajstić information content (AvgIpc) is 3.18. The van der Waals surface area contributed by atoms with Gasteiger partial charge in [0.05, 0.1) is 19.8 Å². The molecule has 1 saturated carbocycles. The van der Waals surface area contributed by atoms with Crippen molar-refractivity contribution in [2.45, 2.75) is 12.8 Å². The maximum Gasteiger partial charge on any atom is 0.317 e. The van der Waals surface area contributed by atoms with Crippen LogP contribution in [0.2, 0.25) is 0 Å². The molecule has 1 aliphatic carbocycles. The normalized spacial score (nSPS) is 15.9. The van der Waals surface area contributed by atoms with Gasteiger partial charge in [-0.15, -0.1) is 0 Å². The minimum atomic E-state index is -1.26. The number of rotatable bonds is 5. The van der Waals surface area contributed by atoms with E-state index in [1.807, 2.05) is 0 Å². The number of benzene rings is 1. The lowest BCUT2D eigenvalue weighted by Crippen LogP contribution is -2.26. The largest absolute Gasteiger partial charge is 0.497 e. The number of hydrogen-bond donors (Lipinski definition) is 1. The summed E-state index contributed by atoms with van der Waals surface area (Å²) in [6.45, 7) is 0. The highest BCUT2D eigenvalue weighted by atomic mass is 16.5. The SMILES string of the molecule is COc1ccc(OC)c(C(=O)C2(C(=O)O)CC2)c1. The van der Waals surface area contributed by atoms with Crippen molar-refractivity contribution in [1.82, 2.24) is 0 Å². The zero-order valence-electron chi connectivity index (χ0n) is 10.2. The van der Waals surface area contributed by atoms with Crippen molar-refractivity contribution in [1.29, 1.82) is 0 Å². The smallest absolute Gasteiger partial charge is 0.317 e. The molecule has 1 aromatic rings. The molecule has 18 heavy (non-hydrogen) atoms. The molecule has 0 unspecified atom stereocenters. The molecule has 0 atom stereocenters. The van der Waals surface area contributed by atoms with Crippen LogP contribution in [0.4, 0.5) is 0 Å². The van der Waals surface area contributed by atoms with E-state index in [1.54, 1.807) is 12.1 Å². The summed E-state index contributed by atoms with van der Waals surface area (Å²) in [5.74, 6) is -0.614. The van der Waals surface area contributed by atoms with Crippen molar-refractivity contribution >= 4 is 11.8 Å². The van der Waals surface area contributed by atoms with Crippen molar-refractivity contribution in [3.63, 3.8) is 0 Å².